The lowest BCUT2D eigenvalue weighted by atomic mass is 10.2. The molecule has 0 aromatic heterocycles. The van der Waals surface area contributed by atoms with E-state index in [0.717, 1.165) is 0 Å². The normalized spacial score (nSPS) is 23.2. The number of halogens is 1. The summed E-state index contributed by atoms with van der Waals surface area (Å²) in [6.07, 6.45) is 2.47. The maximum absolute atomic E-state index is 5.74. The maximum Gasteiger partial charge on any atom is 0.226 e. The third-order valence-corrected chi connectivity index (χ3v) is 2.46. The zero-order valence-electron chi connectivity index (χ0n) is 9.51. The van der Waals surface area contributed by atoms with Gasteiger partial charge in [0.25, 0.3) is 0 Å². The van der Waals surface area contributed by atoms with Crippen molar-refractivity contribution in [3.05, 3.63) is 0 Å². The first-order valence-electron chi connectivity index (χ1n) is 5.11. The molecule has 0 amide bonds. The quantitative estimate of drug-likeness (QED) is 0.796. The van der Waals surface area contributed by atoms with Crippen molar-refractivity contribution in [3.63, 3.8) is 0 Å². The van der Waals surface area contributed by atoms with E-state index >= 15 is 0 Å². The molecule has 6 nitrogen and oxygen atoms in total. The van der Waals surface area contributed by atoms with Crippen molar-refractivity contribution in [2.75, 3.05) is 6.61 Å². The third kappa shape index (κ3) is 2.85. The highest BCUT2D eigenvalue weighted by molar-refractivity contribution is 8.93. The molecule has 4 N–H and O–H groups in total. The fraction of sp³-hybridized carbons (Fsp3) is 0.778. The number of nitrogens with two attached hydrogens (primary N) is 2. The second kappa shape index (κ2) is 4.58. The highest BCUT2D eigenvalue weighted by Crippen LogP contribution is 2.30. The molecule has 1 heterocycles. The topological polar surface area (TPSA) is 89.2 Å². The van der Waals surface area contributed by atoms with E-state index in [2.05, 4.69) is 9.98 Å². The molecule has 7 heteroatoms. The van der Waals surface area contributed by atoms with Crippen LogP contribution in [0.3, 0.4) is 0 Å². The second-order valence-corrected chi connectivity index (χ2v) is 4.47. The molecule has 2 rings (SSSR count). The van der Waals surface area contributed by atoms with Gasteiger partial charge in [-0.15, -0.1) is 17.0 Å². The van der Waals surface area contributed by atoms with Crippen LogP contribution in [0.15, 0.2) is 9.98 Å². The summed E-state index contributed by atoms with van der Waals surface area (Å²) in [7, 11) is 0. The summed E-state index contributed by atoms with van der Waals surface area (Å²) in [4.78, 5) is 13.7. The Labute approximate surface area is 105 Å². The van der Waals surface area contributed by atoms with Gasteiger partial charge in [-0.05, 0) is 32.6 Å². The van der Waals surface area contributed by atoms with Crippen molar-refractivity contribution in [1.29, 1.82) is 0 Å². The number of guanidine groups is 2. The monoisotopic (exact) mass is 291 g/mol. The molecule has 0 aromatic carbocycles. The molecule has 0 aromatic rings. The van der Waals surface area contributed by atoms with Gasteiger partial charge in [0.2, 0.25) is 11.9 Å². The summed E-state index contributed by atoms with van der Waals surface area (Å²) >= 11 is 0. The zero-order valence-corrected chi connectivity index (χ0v) is 11.2. The van der Waals surface area contributed by atoms with Crippen molar-refractivity contribution in [2.24, 2.45) is 27.4 Å². The van der Waals surface area contributed by atoms with E-state index in [1.165, 1.54) is 17.9 Å². The Balaban J connectivity index is 0.00000128. The van der Waals surface area contributed by atoms with Gasteiger partial charge in [0, 0.05) is 0 Å². The summed E-state index contributed by atoms with van der Waals surface area (Å²) in [6, 6.07) is 0. The van der Waals surface area contributed by atoms with Crippen LogP contribution >= 0.6 is 17.0 Å². The molecule has 1 aliphatic carbocycles. The lowest BCUT2D eigenvalue weighted by Gasteiger charge is -2.36. The van der Waals surface area contributed by atoms with Crippen molar-refractivity contribution in [1.82, 2.24) is 5.06 Å². The minimum atomic E-state index is -0.579. The van der Waals surface area contributed by atoms with Gasteiger partial charge < -0.3 is 11.5 Å². The molecule has 1 fully saturated rings. The zero-order chi connectivity index (χ0) is 11.1. The van der Waals surface area contributed by atoms with Crippen molar-refractivity contribution >= 4 is 28.9 Å². The van der Waals surface area contributed by atoms with E-state index in [-0.39, 0.29) is 28.9 Å². The lowest BCUT2D eigenvalue weighted by Crippen LogP contribution is -2.53. The molecule has 2 aliphatic rings. The number of hydrogen-bond acceptors (Lipinski definition) is 6. The number of aliphatic imine (C=N–C) groups is 2. The lowest BCUT2D eigenvalue weighted by molar-refractivity contribution is -0.160. The minimum absolute atomic E-state index is 0. The summed E-state index contributed by atoms with van der Waals surface area (Å²) in [5, 5.41) is 1.53. The molecule has 0 radical (unpaired) electrons. The SMILES string of the molecule is Br.CC1(C)N=C(N)N=C(N)N1OCC1CC1. The number of nitrogens with zero attached hydrogens (tertiary/aromatic N) is 3. The third-order valence-electron chi connectivity index (χ3n) is 2.46. The molecule has 0 spiro atoms. The molecule has 1 saturated carbocycles. The standard InChI is InChI=1S/C9H17N5O.BrH/c1-9(2)13-7(10)12-8(11)14(9)15-5-6-3-4-6;/h6H,3-5H2,1-2H3,(H4,10,11,12,13);1H. The van der Waals surface area contributed by atoms with E-state index in [0.29, 0.717) is 12.5 Å². The van der Waals surface area contributed by atoms with Gasteiger partial charge in [0.05, 0.1) is 6.61 Å². The Kier molecular flexibility index (Phi) is 3.80. The van der Waals surface area contributed by atoms with Crippen LogP contribution in [0.4, 0.5) is 0 Å². The van der Waals surface area contributed by atoms with Crippen LogP contribution in [0.2, 0.25) is 0 Å². The van der Waals surface area contributed by atoms with E-state index in [1.807, 2.05) is 13.8 Å². The fourth-order valence-electron chi connectivity index (χ4n) is 1.48. The van der Waals surface area contributed by atoms with Crippen molar-refractivity contribution in [3.8, 4) is 0 Å². The fourth-order valence-corrected chi connectivity index (χ4v) is 1.48. The summed E-state index contributed by atoms with van der Waals surface area (Å²) < 4.78 is 0. The molecular weight excluding hydrogens is 274 g/mol. The molecule has 0 unspecified atom stereocenters. The predicted molar refractivity (Wildman–Crippen MR) is 68.2 cm³/mol. The average Bonchev–Trinajstić information content (AvgIpc) is 2.83. The van der Waals surface area contributed by atoms with Gasteiger partial charge in [-0.2, -0.15) is 10.1 Å². The van der Waals surface area contributed by atoms with Crippen LogP contribution in [0.25, 0.3) is 0 Å². The number of rotatable bonds is 3. The van der Waals surface area contributed by atoms with Gasteiger partial charge in [0.15, 0.2) is 5.66 Å². The molecule has 92 valence electrons. The molecule has 0 atom stereocenters. The van der Waals surface area contributed by atoms with Gasteiger partial charge in [-0.3, -0.25) is 4.84 Å². The van der Waals surface area contributed by atoms with E-state index < -0.39 is 5.66 Å². The Bertz CT molecular complexity index is 324. The molecule has 1 aliphatic heterocycles. The maximum atomic E-state index is 5.74. The first kappa shape index (κ1) is 13.2. The summed E-state index contributed by atoms with van der Waals surface area (Å²) in [6.45, 7) is 4.44. The van der Waals surface area contributed by atoms with Crippen LogP contribution < -0.4 is 11.5 Å². The summed E-state index contributed by atoms with van der Waals surface area (Å²) in [5.74, 6) is 1.13. The van der Waals surface area contributed by atoms with Crippen LogP contribution in [0.1, 0.15) is 26.7 Å². The van der Waals surface area contributed by atoms with E-state index in [4.69, 9.17) is 16.3 Å². The van der Waals surface area contributed by atoms with Gasteiger partial charge >= 0.3 is 0 Å². The van der Waals surface area contributed by atoms with Crippen molar-refractivity contribution < 1.29 is 4.84 Å². The smallest absolute Gasteiger partial charge is 0.226 e. The Morgan fingerprint density at radius 2 is 2.06 bits per heavy atom. The number of hydrogen-bond donors (Lipinski definition) is 2. The van der Waals surface area contributed by atoms with Crippen molar-refractivity contribution in [2.45, 2.75) is 32.4 Å². The molecular formula is C9H18BrN5O. The van der Waals surface area contributed by atoms with Crippen LogP contribution in [-0.4, -0.2) is 29.3 Å². The van der Waals surface area contributed by atoms with Gasteiger partial charge in [-0.1, -0.05) is 0 Å². The highest BCUT2D eigenvalue weighted by Gasteiger charge is 2.34. The number of hydroxylamine groups is 2. The molecule has 16 heavy (non-hydrogen) atoms. The Hall–Kier alpha value is -0.820. The first-order valence-corrected chi connectivity index (χ1v) is 5.11. The largest absolute Gasteiger partial charge is 0.368 e. The highest BCUT2D eigenvalue weighted by atomic mass is 79.9. The second-order valence-electron chi connectivity index (χ2n) is 4.47. The first-order chi connectivity index (χ1) is 6.99. The summed E-state index contributed by atoms with van der Waals surface area (Å²) in [5.41, 5.74) is 10.7. The van der Waals surface area contributed by atoms with Gasteiger partial charge in [-0.25, -0.2) is 4.99 Å². The Morgan fingerprint density at radius 1 is 1.44 bits per heavy atom. The minimum Gasteiger partial charge on any atom is -0.368 e. The average molecular weight is 292 g/mol. The van der Waals surface area contributed by atoms with Crippen LogP contribution in [0, 0.1) is 5.92 Å². The Morgan fingerprint density at radius 3 is 2.56 bits per heavy atom. The molecule has 0 saturated heterocycles. The van der Waals surface area contributed by atoms with E-state index in [9.17, 15) is 0 Å². The van der Waals surface area contributed by atoms with Crippen LogP contribution in [0.5, 0.6) is 0 Å². The molecule has 0 bridgehead atoms. The van der Waals surface area contributed by atoms with Crippen LogP contribution in [-0.2, 0) is 4.84 Å². The van der Waals surface area contributed by atoms with Gasteiger partial charge in [0.1, 0.15) is 0 Å². The predicted octanol–water partition coefficient (Wildman–Crippen LogP) is 0.587. The van der Waals surface area contributed by atoms with E-state index in [1.54, 1.807) is 0 Å².